The summed E-state index contributed by atoms with van der Waals surface area (Å²) >= 11 is 0. The Balaban J connectivity index is 1.63. The predicted octanol–water partition coefficient (Wildman–Crippen LogP) is 4.14. The van der Waals surface area contributed by atoms with E-state index in [9.17, 15) is 0 Å². The van der Waals surface area contributed by atoms with Crippen LogP contribution in [-0.4, -0.2) is 25.8 Å². The molecule has 2 fully saturated rings. The molecule has 2 rings (SSSR count). The van der Waals surface area contributed by atoms with E-state index in [1.54, 1.807) is 0 Å². The standard InChI is InChI=1S/C17H33NO/c1-2-12-18-14-16-8-4-3-7-15(16)9-5-10-17-11-6-13-19-17/h15-18H,2-14H2,1H3. The van der Waals surface area contributed by atoms with Crippen LogP contribution in [0.4, 0.5) is 0 Å². The summed E-state index contributed by atoms with van der Waals surface area (Å²) in [4.78, 5) is 0. The van der Waals surface area contributed by atoms with E-state index in [0.29, 0.717) is 6.10 Å². The van der Waals surface area contributed by atoms with Gasteiger partial charge in [0.1, 0.15) is 0 Å². The molecule has 2 nitrogen and oxygen atoms in total. The van der Waals surface area contributed by atoms with E-state index in [2.05, 4.69) is 12.2 Å². The second-order valence-corrected chi connectivity index (χ2v) is 6.57. The van der Waals surface area contributed by atoms with E-state index in [1.165, 1.54) is 77.3 Å². The Bertz CT molecular complexity index is 225. The van der Waals surface area contributed by atoms with Crippen molar-refractivity contribution in [2.75, 3.05) is 19.7 Å². The molecule has 0 bridgehead atoms. The molecule has 1 N–H and O–H groups in total. The second kappa shape index (κ2) is 8.97. The monoisotopic (exact) mass is 267 g/mol. The Morgan fingerprint density at radius 2 is 1.84 bits per heavy atom. The molecule has 1 aliphatic heterocycles. The maximum atomic E-state index is 5.74. The van der Waals surface area contributed by atoms with E-state index in [1.807, 2.05) is 0 Å². The van der Waals surface area contributed by atoms with Gasteiger partial charge < -0.3 is 10.1 Å². The van der Waals surface area contributed by atoms with Crippen LogP contribution in [-0.2, 0) is 4.74 Å². The summed E-state index contributed by atoms with van der Waals surface area (Å²) in [5, 5.41) is 3.64. The lowest BCUT2D eigenvalue weighted by molar-refractivity contribution is 0.0979. The summed E-state index contributed by atoms with van der Waals surface area (Å²) in [6.07, 6.45) is 14.5. The summed E-state index contributed by atoms with van der Waals surface area (Å²) in [5.74, 6) is 1.93. The zero-order valence-electron chi connectivity index (χ0n) is 12.8. The SMILES string of the molecule is CCCNCC1CCCCC1CCCC1CCCO1. The van der Waals surface area contributed by atoms with E-state index in [0.717, 1.165) is 18.4 Å². The molecule has 2 aliphatic rings. The highest BCUT2D eigenvalue weighted by molar-refractivity contribution is 4.78. The molecule has 0 aromatic rings. The number of hydrogen-bond donors (Lipinski definition) is 1. The lowest BCUT2D eigenvalue weighted by Gasteiger charge is -2.32. The zero-order chi connectivity index (χ0) is 13.3. The highest BCUT2D eigenvalue weighted by Gasteiger charge is 2.25. The van der Waals surface area contributed by atoms with Crippen molar-refractivity contribution in [3.8, 4) is 0 Å². The first-order chi connectivity index (χ1) is 9.40. The molecule has 3 unspecified atom stereocenters. The molecule has 1 saturated carbocycles. The van der Waals surface area contributed by atoms with Crippen molar-refractivity contribution in [1.29, 1.82) is 0 Å². The van der Waals surface area contributed by atoms with Crippen molar-refractivity contribution < 1.29 is 4.74 Å². The Labute approximate surface area is 119 Å². The number of ether oxygens (including phenoxy) is 1. The number of rotatable bonds is 8. The Morgan fingerprint density at radius 1 is 1.00 bits per heavy atom. The maximum Gasteiger partial charge on any atom is 0.0576 e. The van der Waals surface area contributed by atoms with Crippen LogP contribution in [0.5, 0.6) is 0 Å². The second-order valence-electron chi connectivity index (χ2n) is 6.57. The molecule has 2 heteroatoms. The van der Waals surface area contributed by atoms with Gasteiger partial charge in [-0.25, -0.2) is 0 Å². The summed E-state index contributed by atoms with van der Waals surface area (Å²) in [7, 11) is 0. The molecule has 1 aliphatic carbocycles. The van der Waals surface area contributed by atoms with Gasteiger partial charge in [-0.3, -0.25) is 0 Å². The van der Waals surface area contributed by atoms with Gasteiger partial charge in [-0.15, -0.1) is 0 Å². The molecule has 0 spiro atoms. The minimum absolute atomic E-state index is 0.597. The molecule has 1 heterocycles. The largest absolute Gasteiger partial charge is 0.378 e. The molecular weight excluding hydrogens is 234 g/mol. The van der Waals surface area contributed by atoms with Gasteiger partial charge in [-0.05, 0) is 57.0 Å². The average molecular weight is 267 g/mol. The van der Waals surface area contributed by atoms with Crippen LogP contribution < -0.4 is 5.32 Å². The highest BCUT2D eigenvalue weighted by atomic mass is 16.5. The first kappa shape index (κ1) is 15.3. The van der Waals surface area contributed by atoms with E-state index < -0.39 is 0 Å². The zero-order valence-corrected chi connectivity index (χ0v) is 12.8. The van der Waals surface area contributed by atoms with Gasteiger partial charge in [0, 0.05) is 6.61 Å². The van der Waals surface area contributed by atoms with E-state index >= 15 is 0 Å². The smallest absolute Gasteiger partial charge is 0.0576 e. The maximum absolute atomic E-state index is 5.74. The highest BCUT2D eigenvalue weighted by Crippen LogP contribution is 2.33. The van der Waals surface area contributed by atoms with E-state index in [4.69, 9.17) is 4.74 Å². The molecule has 0 aromatic heterocycles. The van der Waals surface area contributed by atoms with Crippen LogP contribution in [0.2, 0.25) is 0 Å². The first-order valence-electron chi connectivity index (χ1n) is 8.72. The minimum atomic E-state index is 0.597. The fourth-order valence-electron chi connectivity index (χ4n) is 3.88. The average Bonchev–Trinajstić information content (AvgIpc) is 2.94. The van der Waals surface area contributed by atoms with Gasteiger partial charge in [0.2, 0.25) is 0 Å². The Hall–Kier alpha value is -0.0800. The molecule has 0 amide bonds. The van der Waals surface area contributed by atoms with Gasteiger partial charge in [-0.2, -0.15) is 0 Å². The van der Waals surface area contributed by atoms with E-state index in [-0.39, 0.29) is 0 Å². The minimum Gasteiger partial charge on any atom is -0.378 e. The third-order valence-corrected chi connectivity index (χ3v) is 5.02. The van der Waals surface area contributed by atoms with Crippen molar-refractivity contribution >= 4 is 0 Å². The van der Waals surface area contributed by atoms with Crippen LogP contribution >= 0.6 is 0 Å². The summed E-state index contributed by atoms with van der Waals surface area (Å²) in [6, 6.07) is 0. The molecule has 112 valence electrons. The van der Waals surface area contributed by atoms with Crippen LogP contribution in [0.1, 0.15) is 71.1 Å². The normalized spacial score (nSPS) is 31.7. The molecule has 0 aromatic carbocycles. The molecule has 1 saturated heterocycles. The predicted molar refractivity (Wildman–Crippen MR) is 81.4 cm³/mol. The molecule has 3 atom stereocenters. The van der Waals surface area contributed by atoms with Crippen LogP contribution in [0.15, 0.2) is 0 Å². The Morgan fingerprint density at radius 3 is 2.58 bits per heavy atom. The first-order valence-corrected chi connectivity index (χ1v) is 8.72. The molecular formula is C17H33NO. The molecule has 0 radical (unpaired) electrons. The third kappa shape index (κ3) is 5.43. The summed E-state index contributed by atoms with van der Waals surface area (Å²) < 4.78 is 5.74. The van der Waals surface area contributed by atoms with Crippen LogP contribution in [0, 0.1) is 11.8 Å². The van der Waals surface area contributed by atoms with Gasteiger partial charge in [0.05, 0.1) is 6.10 Å². The van der Waals surface area contributed by atoms with Crippen molar-refractivity contribution in [3.05, 3.63) is 0 Å². The van der Waals surface area contributed by atoms with Crippen molar-refractivity contribution in [2.45, 2.75) is 77.2 Å². The van der Waals surface area contributed by atoms with Gasteiger partial charge in [0.15, 0.2) is 0 Å². The van der Waals surface area contributed by atoms with Crippen LogP contribution in [0.25, 0.3) is 0 Å². The van der Waals surface area contributed by atoms with Crippen molar-refractivity contribution in [3.63, 3.8) is 0 Å². The summed E-state index contributed by atoms with van der Waals surface area (Å²) in [5.41, 5.74) is 0. The fourth-order valence-corrected chi connectivity index (χ4v) is 3.88. The quantitative estimate of drug-likeness (QED) is 0.667. The van der Waals surface area contributed by atoms with Gasteiger partial charge in [-0.1, -0.05) is 39.0 Å². The third-order valence-electron chi connectivity index (χ3n) is 5.02. The lowest BCUT2D eigenvalue weighted by atomic mass is 9.76. The number of hydrogen-bond acceptors (Lipinski definition) is 2. The van der Waals surface area contributed by atoms with Gasteiger partial charge >= 0.3 is 0 Å². The van der Waals surface area contributed by atoms with Gasteiger partial charge in [0.25, 0.3) is 0 Å². The summed E-state index contributed by atoms with van der Waals surface area (Å²) in [6.45, 7) is 5.72. The number of nitrogens with one attached hydrogen (secondary N) is 1. The lowest BCUT2D eigenvalue weighted by Crippen LogP contribution is -2.31. The molecule has 19 heavy (non-hydrogen) atoms. The van der Waals surface area contributed by atoms with Crippen molar-refractivity contribution in [1.82, 2.24) is 5.32 Å². The van der Waals surface area contributed by atoms with Crippen LogP contribution in [0.3, 0.4) is 0 Å². The topological polar surface area (TPSA) is 21.3 Å². The fraction of sp³-hybridized carbons (Fsp3) is 1.00. The Kier molecular flexibility index (Phi) is 7.23. The van der Waals surface area contributed by atoms with Crippen molar-refractivity contribution in [2.24, 2.45) is 11.8 Å².